The fourth-order valence-corrected chi connectivity index (χ4v) is 4.31. The average Bonchev–Trinajstić information content (AvgIpc) is 3.17. The molecule has 0 aromatic carbocycles. The molecular weight excluding hydrogens is 346 g/mol. The maximum atomic E-state index is 12.4. The number of nitrogens with one attached hydrogen (secondary N) is 1. The molecule has 1 aliphatic heterocycles. The summed E-state index contributed by atoms with van der Waals surface area (Å²) in [5.41, 5.74) is 0. The summed E-state index contributed by atoms with van der Waals surface area (Å²) >= 11 is 1.64. The third-order valence-electron chi connectivity index (χ3n) is 5.25. The lowest BCUT2D eigenvalue weighted by Crippen LogP contribution is -2.41. The number of carbonyl (C=O) groups excluding carboxylic acids is 1. The number of fused-ring (bicyclic) bond motifs is 1. The maximum Gasteiger partial charge on any atom is 0.223 e. The van der Waals surface area contributed by atoms with Crippen LogP contribution in [0.3, 0.4) is 0 Å². The zero-order valence-corrected chi connectivity index (χ0v) is 16.6. The van der Waals surface area contributed by atoms with Gasteiger partial charge in [0.1, 0.15) is 17.0 Å². The van der Waals surface area contributed by atoms with Crippen molar-refractivity contribution in [3.63, 3.8) is 0 Å². The summed E-state index contributed by atoms with van der Waals surface area (Å²) in [6.07, 6.45) is 4.43. The second-order valence-electron chi connectivity index (χ2n) is 6.77. The van der Waals surface area contributed by atoms with Crippen molar-refractivity contribution >= 4 is 33.3 Å². The van der Waals surface area contributed by atoms with Crippen molar-refractivity contribution in [2.45, 2.75) is 33.1 Å². The molecule has 0 unspecified atom stereocenters. The molecular formula is C19H29N5OS. The van der Waals surface area contributed by atoms with Crippen molar-refractivity contribution < 1.29 is 4.79 Å². The Morgan fingerprint density at radius 1 is 1.31 bits per heavy atom. The van der Waals surface area contributed by atoms with Crippen molar-refractivity contribution in [2.75, 3.05) is 44.2 Å². The van der Waals surface area contributed by atoms with Crippen molar-refractivity contribution in [3.8, 4) is 0 Å². The third-order valence-corrected chi connectivity index (χ3v) is 6.07. The van der Waals surface area contributed by atoms with Crippen LogP contribution < -0.4 is 10.2 Å². The van der Waals surface area contributed by atoms with Crippen LogP contribution in [0.2, 0.25) is 0 Å². The number of carbonyl (C=O) groups is 1. The highest BCUT2D eigenvalue weighted by atomic mass is 32.1. The van der Waals surface area contributed by atoms with E-state index < -0.39 is 0 Å². The molecule has 0 saturated carbocycles. The lowest BCUT2D eigenvalue weighted by atomic mass is 9.95. The molecule has 2 aromatic heterocycles. The topological polar surface area (TPSA) is 61.4 Å². The summed E-state index contributed by atoms with van der Waals surface area (Å²) in [5, 5.41) is 6.31. The number of aromatic nitrogens is 2. The molecule has 6 nitrogen and oxygen atoms in total. The van der Waals surface area contributed by atoms with Gasteiger partial charge in [-0.15, -0.1) is 11.3 Å². The van der Waals surface area contributed by atoms with Crippen LogP contribution in [0.5, 0.6) is 0 Å². The van der Waals surface area contributed by atoms with Gasteiger partial charge in [-0.3, -0.25) is 4.79 Å². The molecule has 0 bridgehead atoms. The summed E-state index contributed by atoms with van der Waals surface area (Å²) in [6, 6.07) is 2.09. The van der Waals surface area contributed by atoms with Gasteiger partial charge in [0.15, 0.2) is 0 Å². The van der Waals surface area contributed by atoms with Gasteiger partial charge in [-0.2, -0.15) is 0 Å². The van der Waals surface area contributed by atoms with E-state index in [0.717, 1.165) is 74.6 Å². The first-order chi connectivity index (χ1) is 12.7. The minimum absolute atomic E-state index is 0.125. The molecule has 3 heterocycles. The molecule has 0 atom stereocenters. The Hall–Kier alpha value is -1.73. The number of hydrogen-bond donors (Lipinski definition) is 1. The molecule has 0 spiro atoms. The summed E-state index contributed by atoms with van der Waals surface area (Å²) in [6.45, 7) is 10.1. The summed E-state index contributed by atoms with van der Waals surface area (Å²) in [7, 11) is 0. The Morgan fingerprint density at radius 3 is 2.81 bits per heavy atom. The van der Waals surface area contributed by atoms with E-state index in [1.807, 2.05) is 0 Å². The molecule has 0 radical (unpaired) electrons. The minimum Gasteiger partial charge on any atom is -0.356 e. The van der Waals surface area contributed by atoms with Crippen LogP contribution in [0, 0.1) is 5.92 Å². The number of anilines is 1. The van der Waals surface area contributed by atoms with Gasteiger partial charge in [0.25, 0.3) is 0 Å². The first-order valence-corrected chi connectivity index (χ1v) is 10.5. The summed E-state index contributed by atoms with van der Waals surface area (Å²) in [4.78, 5) is 26.9. The maximum absolute atomic E-state index is 12.4. The first-order valence-electron chi connectivity index (χ1n) is 9.66. The predicted molar refractivity (Wildman–Crippen MR) is 108 cm³/mol. The number of rotatable bonds is 8. The van der Waals surface area contributed by atoms with Crippen LogP contribution in [-0.2, 0) is 4.79 Å². The molecule has 1 N–H and O–H groups in total. The van der Waals surface area contributed by atoms with Gasteiger partial charge in [-0.05, 0) is 50.3 Å². The van der Waals surface area contributed by atoms with Gasteiger partial charge in [-0.25, -0.2) is 9.97 Å². The number of hydrogen-bond acceptors (Lipinski definition) is 6. The fourth-order valence-electron chi connectivity index (χ4n) is 3.58. The molecule has 1 amide bonds. The highest BCUT2D eigenvalue weighted by molar-refractivity contribution is 7.16. The van der Waals surface area contributed by atoms with E-state index in [1.54, 1.807) is 17.7 Å². The van der Waals surface area contributed by atoms with E-state index in [-0.39, 0.29) is 11.8 Å². The van der Waals surface area contributed by atoms with Gasteiger partial charge in [0, 0.05) is 25.6 Å². The summed E-state index contributed by atoms with van der Waals surface area (Å²) < 4.78 is 0. The molecule has 1 fully saturated rings. The second-order valence-corrected chi connectivity index (χ2v) is 7.66. The van der Waals surface area contributed by atoms with Crippen molar-refractivity contribution in [1.29, 1.82) is 0 Å². The Kier molecular flexibility index (Phi) is 6.80. The van der Waals surface area contributed by atoms with Gasteiger partial charge in [-0.1, -0.05) is 13.8 Å². The Bertz CT molecular complexity index is 707. The molecule has 1 saturated heterocycles. The lowest BCUT2D eigenvalue weighted by molar-refractivity contribution is -0.125. The molecule has 2 aromatic rings. The monoisotopic (exact) mass is 375 g/mol. The SMILES string of the molecule is CCN(CC)CCCNC(=O)C1CCN(c2ncnc3sccc23)CC1. The molecule has 7 heteroatoms. The smallest absolute Gasteiger partial charge is 0.223 e. The van der Waals surface area contributed by atoms with E-state index in [1.165, 1.54) is 0 Å². The van der Waals surface area contributed by atoms with Crippen molar-refractivity contribution in [2.24, 2.45) is 5.92 Å². The number of amides is 1. The minimum atomic E-state index is 0.125. The van der Waals surface area contributed by atoms with Gasteiger partial charge >= 0.3 is 0 Å². The Balaban J connectivity index is 1.45. The van der Waals surface area contributed by atoms with Crippen LogP contribution >= 0.6 is 11.3 Å². The van der Waals surface area contributed by atoms with Crippen LogP contribution in [0.15, 0.2) is 17.8 Å². The third kappa shape index (κ3) is 4.51. The standard InChI is InChI=1S/C19H29N5OS/c1-3-23(4-2)10-5-9-20-18(25)15-6-11-24(12-7-15)17-16-8-13-26-19(16)22-14-21-17/h8,13-15H,3-7,9-12H2,1-2H3,(H,20,25). The van der Waals surface area contributed by atoms with E-state index >= 15 is 0 Å². The highest BCUT2D eigenvalue weighted by Gasteiger charge is 2.26. The quantitative estimate of drug-likeness (QED) is 0.719. The van der Waals surface area contributed by atoms with E-state index in [9.17, 15) is 4.79 Å². The average molecular weight is 376 g/mol. The zero-order valence-electron chi connectivity index (χ0n) is 15.8. The van der Waals surface area contributed by atoms with E-state index in [0.29, 0.717) is 0 Å². The summed E-state index contributed by atoms with van der Waals surface area (Å²) in [5.74, 6) is 1.35. The van der Waals surface area contributed by atoms with Gasteiger partial charge in [0.05, 0.1) is 5.39 Å². The Labute approximate surface area is 159 Å². The molecule has 26 heavy (non-hydrogen) atoms. The Morgan fingerprint density at radius 2 is 2.08 bits per heavy atom. The molecule has 0 aliphatic carbocycles. The largest absolute Gasteiger partial charge is 0.356 e. The van der Waals surface area contributed by atoms with Crippen LogP contribution in [0.4, 0.5) is 5.82 Å². The second kappa shape index (κ2) is 9.28. The predicted octanol–water partition coefficient (Wildman–Crippen LogP) is 2.76. The van der Waals surface area contributed by atoms with Crippen LogP contribution in [0.25, 0.3) is 10.2 Å². The number of piperidine rings is 1. The van der Waals surface area contributed by atoms with Crippen molar-refractivity contribution in [1.82, 2.24) is 20.2 Å². The highest BCUT2D eigenvalue weighted by Crippen LogP contribution is 2.29. The van der Waals surface area contributed by atoms with E-state index in [4.69, 9.17) is 0 Å². The number of nitrogens with zero attached hydrogens (tertiary/aromatic N) is 4. The van der Waals surface area contributed by atoms with Crippen LogP contribution in [-0.4, -0.2) is 60.0 Å². The fraction of sp³-hybridized carbons (Fsp3) is 0.632. The molecule has 1 aliphatic rings. The molecule has 142 valence electrons. The van der Waals surface area contributed by atoms with Gasteiger partial charge < -0.3 is 15.1 Å². The molecule has 3 rings (SSSR count). The normalized spacial score (nSPS) is 15.7. The van der Waals surface area contributed by atoms with Crippen LogP contribution in [0.1, 0.15) is 33.1 Å². The van der Waals surface area contributed by atoms with Crippen molar-refractivity contribution in [3.05, 3.63) is 17.8 Å². The van der Waals surface area contributed by atoms with Gasteiger partial charge in [0.2, 0.25) is 5.91 Å². The zero-order chi connectivity index (χ0) is 18.4. The number of thiophene rings is 1. The van der Waals surface area contributed by atoms with E-state index in [2.05, 4.69) is 50.4 Å². The lowest BCUT2D eigenvalue weighted by Gasteiger charge is -2.32. The first kappa shape index (κ1) is 19.0.